The normalized spacial score (nSPS) is 10.2. The van der Waals surface area contributed by atoms with E-state index in [1.54, 1.807) is 6.92 Å². The van der Waals surface area contributed by atoms with Crippen LogP contribution in [0.25, 0.3) is 11.3 Å². The first-order chi connectivity index (χ1) is 8.24. The first kappa shape index (κ1) is 11.4. The fourth-order valence-electron chi connectivity index (χ4n) is 1.62. The molecule has 0 saturated heterocycles. The van der Waals surface area contributed by atoms with Crippen LogP contribution in [0, 0.1) is 6.92 Å². The molecule has 0 amide bonds. The fourth-order valence-corrected chi connectivity index (χ4v) is 1.62. The number of esters is 1. The molecule has 2 aromatic rings. The van der Waals surface area contributed by atoms with Gasteiger partial charge in [0.2, 0.25) is 0 Å². The smallest absolute Gasteiger partial charge is 0.343 e. The molecule has 1 heterocycles. The van der Waals surface area contributed by atoms with Gasteiger partial charge in [-0.1, -0.05) is 29.4 Å². The highest BCUT2D eigenvalue weighted by molar-refractivity contribution is 5.95. The van der Waals surface area contributed by atoms with Gasteiger partial charge in [-0.05, 0) is 19.4 Å². The zero-order chi connectivity index (χ0) is 12.3. The van der Waals surface area contributed by atoms with E-state index in [9.17, 15) is 4.79 Å². The Kier molecular flexibility index (Phi) is 3.23. The molecule has 0 bridgehead atoms. The third kappa shape index (κ3) is 2.20. The van der Waals surface area contributed by atoms with Crippen molar-refractivity contribution in [1.82, 2.24) is 5.16 Å². The SMILES string of the molecule is CCOC(=O)c1cnoc1-c1ccccc1C. The highest BCUT2D eigenvalue weighted by atomic mass is 16.5. The second-order valence-electron chi connectivity index (χ2n) is 3.60. The molecule has 2 rings (SSSR count). The summed E-state index contributed by atoms with van der Waals surface area (Å²) in [6, 6.07) is 7.66. The Labute approximate surface area is 99.2 Å². The molecule has 0 spiro atoms. The number of nitrogens with zero attached hydrogens (tertiary/aromatic N) is 1. The second-order valence-corrected chi connectivity index (χ2v) is 3.60. The summed E-state index contributed by atoms with van der Waals surface area (Å²) in [6.07, 6.45) is 1.39. The molecule has 1 aromatic carbocycles. The van der Waals surface area contributed by atoms with Crippen molar-refractivity contribution >= 4 is 5.97 Å². The Bertz CT molecular complexity index is 531. The van der Waals surface area contributed by atoms with Crippen LogP contribution in [0.2, 0.25) is 0 Å². The number of benzene rings is 1. The van der Waals surface area contributed by atoms with Gasteiger partial charge in [0.05, 0.1) is 12.8 Å². The van der Waals surface area contributed by atoms with Gasteiger partial charge in [0.15, 0.2) is 5.76 Å². The number of hydrogen-bond donors (Lipinski definition) is 0. The molecule has 0 aliphatic carbocycles. The third-order valence-electron chi connectivity index (χ3n) is 2.46. The van der Waals surface area contributed by atoms with Gasteiger partial charge in [-0.15, -0.1) is 0 Å². The fraction of sp³-hybridized carbons (Fsp3) is 0.231. The topological polar surface area (TPSA) is 52.3 Å². The van der Waals surface area contributed by atoms with Gasteiger partial charge in [-0.25, -0.2) is 4.79 Å². The van der Waals surface area contributed by atoms with E-state index < -0.39 is 5.97 Å². The molecule has 0 aliphatic heterocycles. The summed E-state index contributed by atoms with van der Waals surface area (Å²) in [7, 11) is 0. The van der Waals surface area contributed by atoms with Crippen molar-refractivity contribution < 1.29 is 14.1 Å². The second kappa shape index (κ2) is 4.82. The van der Waals surface area contributed by atoms with E-state index in [1.807, 2.05) is 31.2 Å². The Hall–Kier alpha value is -2.10. The van der Waals surface area contributed by atoms with Crippen LogP contribution in [0.5, 0.6) is 0 Å². The standard InChI is InChI=1S/C13H13NO3/c1-3-16-13(15)11-8-14-17-12(11)10-7-5-4-6-9(10)2/h4-8H,3H2,1-2H3. The van der Waals surface area contributed by atoms with E-state index in [1.165, 1.54) is 6.20 Å². The average Bonchev–Trinajstić information content (AvgIpc) is 2.79. The van der Waals surface area contributed by atoms with Crippen LogP contribution in [0.1, 0.15) is 22.8 Å². The van der Waals surface area contributed by atoms with Crippen LogP contribution in [0.3, 0.4) is 0 Å². The van der Waals surface area contributed by atoms with Gasteiger partial charge in [-0.3, -0.25) is 0 Å². The maximum Gasteiger partial charge on any atom is 0.343 e. The highest BCUT2D eigenvalue weighted by Gasteiger charge is 2.19. The van der Waals surface area contributed by atoms with Crippen molar-refractivity contribution in [3.63, 3.8) is 0 Å². The molecular weight excluding hydrogens is 218 g/mol. The van der Waals surface area contributed by atoms with Gasteiger partial charge in [0.25, 0.3) is 0 Å². The van der Waals surface area contributed by atoms with Crippen LogP contribution in [-0.2, 0) is 4.74 Å². The molecule has 4 nitrogen and oxygen atoms in total. The minimum atomic E-state index is -0.410. The Morgan fingerprint density at radius 1 is 1.41 bits per heavy atom. The van der Waals surface area contributed by atoms with Crippen molar-refractivity contribution in [3.8, 4) is 11.3 Å². The molecule has 4 heteroatoms. The molecule has 88 valence electrons. The molecule has 0 fully saturated rings. The lowest BCUT2D eigenvalue weighted by atomic mass is 10.0. The van der Waals surface area contributed by atoms with E-state index in [0.29, 0.717) is 17.9 Å². The van der Waals surface area contributed by atoms with Crippen LogP contribution in [0.15, 0.2) is 35.0 Å². The molecule has 17 heavy (non-hydrogen) atoms. The number of hydrogen-bond acceptors (Lipinski definition) is 4. The van der Waals surface area contributed by atoms with Gasteiger partial charge >= 0.3 is 5.97 Å². The van der Waals surface area contributed by atoms with Crippen LogP contribution < -0.4 is 0 Å². The van der Waals surface area contributed by atoms with Crippen LogP contribution in [0.4, 0.5) is 0 Å². The molecule has 0 saturated carbocycles. The van der Waals surface area contributed by atoms with Crippen molar-refractivity contribution in [2.24, 2.45) is 0 Å². The molecule has 0 unspecified atom stereocenters. The largest absolute Gasteiger partial charge is 0.462 e. The monoisotopic (exact) mass is 231 g/mol. The number of aryl methyl sites for hydroxylation is 1. The first-order valence-corrected chi connectivity index (χ1v) is 5.41. The van der Waals surface area contributed by atoms with Crippen LogP contribution in [-0.4, -0.2) is 17.7 Å². The van der Waals surface area contributed by atoms with Crippen molar-refractivity contribution in [1.29, 1.82) is 0 Å². The Morgan fingerprint density at radius 2 is 2.18 bits per heavy atom. The summed E-state index contributed by atoms with van der Waals surface area (Å²) in [5.74, 6) is 0.0496. The molecule has 0 N–H and O–H groups in total. The van der Waals surface area contributed by atoms with Crippen LogP contribution >= 0.6 is 0 Å². The number of aromatic nitrogens is 1. The molecule has 0 aliphatic rings. The zero-order valence-electron chi connectivity index (χ0n) is 9.77. The predicted molar refractivity (Wildman–Crippen MR) is 62.6 cm³/mol. The first-order valence-electron chi connectivity index (χ1n) is 5.41. The van der Waals surface area contributed by atoms with Crippen molar-refractivity contribution in [2.75, 3.05) is 6.61 Å². The van der Waals surface area contributed by atoms with E-state index in [2.05, 4.69) is 5.16 Å². The van der Waals surface area contributed by atoms with Crippen molar-refractivity contribution in [3.05, 3.63) is 41.6 Å². The third-order valence-corrected chi connectivity index (χ3v) is 2.46. The lowest BCUT2D eigenvalue weighted by Gasteiger charge is -2.03. The summed E-state index contributed by atoms with van der Waals surface area (Å²) in [6.45, 7) is 4.04. The minimum Gasteiger partial charge on any atom is -0.462 e. The minimum absolute atomic E-state index is 0.331. The Morgan fingerprint density at radius 3 is 2.88 bits per heavy atom. The maximum atomic E-state index is 11.7. The molecule has 0 radical (unpaired) electrons. The van der Waals surface area contributed by atoms with E-state index in [0.717, 1.165) is 11.1 Å². The summed E-state index contributed by atoms with van der Waals surface area (Å²) >= 11 is 0. The number of ether oxygens (including phenoxy) is 1. The molecular formula is C13H13NO3. The number of carbonyl (C=O) groups is 1. The predicted octanol–water partition coefficient (Wildman–Crippen LogP) is 2.83. The van der Waals surface area contributed by atoms with Gasteiger partial charge in [0, 0.05) is 5.56 Å². The van der Waals surface area contributed by atoms with Gasteiger partial charge in [-0.2, -0.15) is 0 Å². The summed E-state index contributed by atoms with van der Waals surface area (Å²) in [5.41, 5.74) is 2.24. The molecule has 0 atom stereocenters. The summed E-state index contributed by atoms with van der Waals surface area (Å²) < 4.78 is 10.1. The van der Waals surface area contributed by atoms with E-state index in [-0.39, 0.29) is 0 Å². The molecule has 1 aromatic heterocycles. The summed E-state index contributed by atoms with van der Waals surface area (Å²) in [4.78, 5) is 11.7. The number of rotatable bonds is 3. The quantitative estimate of drug-likeness (QED) is 0.762. The summed E-state index contributed by atoms with van der Waals surface area (Å²) in [5, 5.41) is 3.67. The lowest BCUT2D eigenvalue weighted by Crippen LogP contribution is -2.04. The van der Waals surface area contributed by atoms with Crippen molar-refractivity contribution in [2.45, 2.75) is 13.8 Å². The van der Waals surface area contributed by atoms with Gasteiger partial charge < -0.3 is 9.26 Å². The maximum absolute atomic E-state index is 11.7. The Balaban J connectivity index is 2.44. The van der Waals surface area contributed by atoms with Gasteiger partial charge in [0.1, 0.15) is 5.56 Å². The van der Waals surface area contributed by atoms with E-state index in [4.69, 9.17) is 9.26 Å². The zero-order valence-corrected chi connectivity index (χ0v) is 9.77. The number of carbonyl (C=O) groups excluding carboxylic acids is 1. The average molecular weight is 231 g/mol. The highest BCUT2D eigenvalue weighted by Crippen LogP contribution is 2.26. The van der Waals surface area contributed by atoms with E-state index >= 15 is 0 Å². The lowest BCUT2D eigenvalue weighted by molar-refractivity contribution is 0.0527.